The van der Waals surface area contributed by atoms with Crippen LogP contribution in [0.1, 0.15) is 5.69 Å². The molecular weight excluding hydrogens is 244 g/mol. The Morgan fingerprint density at radius 3 is 3.00 bits per heavy atom. The highest BCUT2D eigenvalue weighted by atomic mass is 16.5. The molecule has 1 fully saturated rings. The van der Waals surface area contributed by atoms with Crippen molar-refractivity contribution in [3.63, 3.8) is 0 Å². The van der Waals surface area contributed by atoms with E-state index in [1.807, 2.05) is 12.1 Å². The molecule has 99 valence electrons. The van der Waals surface area contributed by atoms with E-state index in [9.17, 15) is 4.79 Å². The van der Waals surface area contributed by atoms with Gasteiger partial charge in [-0.1, -0.05) is 12.1 Å². The molecule has 0 bridgehead atoms. The molecular formula is C13H15N4O2. The number of benzene rings is 1. The van der Waals surface area contributed by atoms with Crippen LogP contribution in [-0.4, -0.2) is 47.0 Å². The van der Waals surface area contributed by atoms with Gasteiger partial charge in [-0.2, -0.15) is 9.78 Å². The molecule has 1 saturated heterocycles. The van der Waals surface area contributed by atoms with Crippen molar-refractivity contribution >= 4 is 16.9 Å². The maximum absolute atomic E-state index is 11.4. The third-order valence-corrected chi connectivity index (χ3v) is 3.29. The number of hydrogen-bond acceptors (Lipinski definition) is 4. The standard InChI is InChI=1S/C13H15N4O2/c14-13(18)17-12-4-2-1-3-10(12)11(15-17)9-16-5-7-19-8-6-16/h1,3-4H,5-9H2,(H2,14,18). The van der Waals surface area contributed by atoms with Gasteiger partial charge in [0.25, 0.3) is 0 Å². The summed E-state index contributed by atoms with van der Waals surface area (Å²) in [5.74, 6) is 0. The van der Waals surface area contributed by atoms with Gasteiger partial charge in [0.2, 0.25) is 0 Å². The van der Waals surface area contributed by atoms with Crippen molar-refractivity contribution in [2.75, 3.05) is 26.3 Å². The molecule has 1 aliphatic rings. The molecule has 0 aliphatic carbocycles. The summed E-state index contributed by atoms with van der Waals surface area (Å²) < 4.78 is 6.56. The molecule has 19 heavy (non-hydrogen) atoms. The van der Waals surface area contributed by atoms with Crippen LogP contribution in [0, 0.1) is 6.07 Å². The van der Waals surface area contributed by atoms with E-state index in [0.717, 1.165) is 37.4 Å². The van der Waals surface area contributed by atoms with Crippen LogP contribution >= 0.6 is 0 Å². The molecule has 0 spiro atoms. The first kappa shape index (κ1) is 12.1. The normalized spacial score (nSPS) is 16.8. The number of carbonyl (C=O) groups is 1. The van der Waals surface area contributed by atoms with Gasteiger partial charge in [-0.05, 0) is 12.1 Å². The van der Waals surface area contributed by atoms with Crippen molar-refractivity contribution in [3.05, 3.63) is 30.0 Å². The predicted octanol–water partition coefficient (Wildman–Crippen LogP) is 0.595. The van der Waals surface area contributed by atoms with E-state index in [-0.39, 0.29) is 0 Å². The topological polar surface area (TPSA) is 73.4 Å². The number of nitrogens with zero attached hydrogens (tertiary/aromatic N) is 3. The summed E-state index contributed by atoms with van der Waals surface area (Å²) in [5.41, 5.74) is 6.91. The number of morpholine rings is 1. The molecule has 2 aromatic rings. The van der Waals surface area contributed by atoms with Gasteiger partial charge in [0.15, 0.2) is 0 Å². The minimum Gasteiger partial charge on any atom is -0.379 e. The molecule has 6 nitrogen and oxygen atoms in total. The smallest absolute Gasteiger partial charge is 0.340 e. The number of ether oxygens (including phenoxy) is 1. The molecule has 6 heteroatoms. The van der Waals surface area contributed by atoms with Crippen LogP contribution in [0.4, 0.5) is 4.79 Å². The fourth-order valence-corrected chi connectivity index (χ4v) is 2.33. The highest BCUT2D eigenvalue weighted by Gasteiger charge is 2.17. The molecule has 0 saturated carbocycles. The van der Waals surface area contributed by atoms with Crippen molar-refractivity contribution in [1.29, 1.82) is 0 Å². The van der Waals surface area contributed by atoms with Gasteiger partial charge in [-0.25, -0.2) is 4.79 Å². The Kier molecular flexibility index (Phi) is 3.18. The Balaban J connectivity index is 1.96. The van der Waals surface area contributed by atoms with Gasteiger partial charge in [-0.15, -0.1) is 0 Å². The second-order valence-corrected chi connectivity index (χ2v) is 4.53. The van der Waals surface area contributed by atoms with E-state index in [2.05, 4.69) is 16.1 Å². The van der Waals surface area contributed by atoms with E-state index in [1.165, 1.54) is 4.68 Å². The molecule has 1 radical (unpaired) electrons. The molecule has 0 unspecified atom stereocenters. The number of amides is 1. The van der Waals surface area contributed by atoms with Gasteiger partial charge >= 0.3 is 6.03 Å². The molecule has 3 rings (SSSR count). The lowest BCUT2D eigenvalue weighted by Crippen LogP contribution is -2.35. The second kappa shape index (κ2) is 4.99. The number of primary amides is 1. The Morgan fingerprint density at radius 2 is 2.26 bits per heavy atom. The third kappa shape index (κ3) is 2.32. The average Bonchev–Trinajstić information content (AvgIpc) is 2.79. The zero-order chi connectivity index (χ0) is 13.2. The molecule has 1 aliphatic heterocycles. The van der Waals surface area contributed by atoms with E-state index < -0.39 is 6.03 Å². The summed E-state index contributed by atoms with van der Waals surface area (Å²) >= 11 is 0. The molecule has 1 aromatic carbocycles. The molecule has 1 aromatic heterocycles. The summed E-state index contributed by atoms with van der Waals surface area (Å²) in [7, 11) is 0. The summed E-state index contributed by atoms with van der Waals surface area (Å²) in [5, 5.41) is 5.27. The third-order valence-electron chi connectivity index (χ3n) is 3.29. The number of rotatable bonds is 2. The molecule has 0 atom stereocenters. The van der Waals surface area contributed by atoms with Gasteiger partial charge in [0.1, 0.15) is 0 Å². The first-order chi connectivity index (χ1) is 9.25. The molecule has 2 N–H and O–H groups in total. The van der Waals surface area contributed by atoms with Crippen LogP contribution in [0.15, 0.2) is 18.2 Å². The minimum absolute atomic E-state index is 0.571. The fourth-order valence-electron chi connectivity index (χ4n) is 2.33. The van der Waals surface area contributed by atoms with Crippen LogP contribution in [0.5, 0.6) is 0 Å². The fraction of sp³-hybridized carbons (Fsp3) is 0.385. The van der Waals surface area contributed by atoms with Gasteiger partial charge in [0.05, 0.1) is 24.4 Å². The lowest BCUT2D eigenvalue weighted by Gasteiger charge is -2.25. The van der Waals surface area contributed by atoms with Crippen LogP contribution in [0.25, 0.3) is 10.9 Å². The van der Waals surface area contributed by atoms with Crippen molar-refractivity contribution in [2.45, 2.75) is 6.54 Å². The second-order valence-electron chi connectivity index (χ2n) is 4.53. The van der Waals surface area contributed by atoms with Crippen molar-refractivity contribution in [3.8, 4) is 0 Å². The summed E-state index contributed by atoms with van der Waals surface area (Å²) in [6.07, 6.45) is 0. The molecule has 1 amide bonds. The highest BCUT2D eigenvalue weighted by Crippen LogP contribution is 2.19. The Labute approximate surface area is 110 Å². The first-order valence-corrected chi connectivity index (χ1v) is 6.23. The monoisotopic (exact) mass is 259 g/mol. The van der Waals surface area contributed by atoms with E-state index in [0.29, 0.717) is 12.1 Å². The molecule has 2 heterocycles. The maximum Gasteiger partial charge on any atom is 0.340 e. The maximum atomic E-state index is 11.4. The van der Waals surface area contributed by atoms with E-state index in [4.69, 9.17) is 10.5 Å². The summed E-state index contributed by atoms with van der Waals surface area (Å²) in [6, 6.07) is 7.84. The zero-order valence-electron chi connectivity index (χ0n) is 10.5. The average molecular weight is 259 g/mol. The lowest BCUT2D eigenvalue weighted by atomic mass is 10.2. The number of carbonyl (C=O) groups excluding carboxylic acids is 1. The number of fused-ring (bicyclic) bond motifs is 1. The Morgan fingerprint density at radius 1 is 1.47 bits per heavy atom. The van der Waals surface area contributed by atoms with Crippen molar-refractivity contribution in [2.24, 2.45) is 5.73 Å². The Hall–Kier alpha value is -1.92. The first-order valence-electron chi connectivity index (χ1n) is 6.23. The summed E-state index contributed by atoms with van der Waals surface area (Å²) in [6.45, 7) is 3.93. The highest BCUT2D eigenvalue weighted by molar-refractivity contribution is 5.90. The number of nitrogens with two attached hydrogens (primary N) is 1. The van der Waals surface area contributed by atoms with Crippen LogP contribution < -0.4 is 5.73 Å². The van der Waals surface area contributed by atoms with Gasteiger partial charge in [-0.3, -0.25) is 4.90 Å². The number of aromatic nitrogens is 2. The van der Waals surface area contributed by atoms with E-state index in [1.54, 1.807) is 6.07 Å². The zero-order valence-corrected chi connectivity index (χ0v) is 10.5. The minimum atomic E-state index is -0.571. The predicted molar refractivity (Wildman–Crippen MR) is 69.6 cm³/mol. The SMILES string of the molecule is NC(=O)n1nc(CN2CCOCC2)c2cc[c]cc21. The van der Waals surface area contributed by atoms with Crippen molar-refractivity contribution in [1.82, 2.24) is 14.7 Å². The van der Waals surface area contributed by atoms with Crippen LogP contribution in [0.2, 0.25) is 0 Å². The largest absolute Gasteiger partial charge is 0.379 e. The van der Waals surface area contributed by atoms with Crippen LogP contribution in [-0.2, 0) is 11.3 Å². The van der Waals surface area contributed by atoms with Crippen LogP contribution in [0.3, 0.4) is 0 Å². The van der Waals surface area contributed by atoms with Gasteiger partial charge < -0.3 is 10.5 Å². The van der Waals surface area contributed by atoms with Crippen molar-refractivity contribution < 1.29 is 9.53 Å². The Bertz CT molecular complexity index is 602. The van der Waals surface area contributed by atoms with E-state index >= 15 is 0 Å². The lowest BCUT2D eigenvalue weighted by molar-refractivity contribution is 0.0337. The number of hydrogen-bond donors (Lipinski definition) is 1. The quantitative estimate of drug-likeness (QED) is 0.857. The van der Waals surface area contributed by atoms with Gasteiger partial charge in [0, 0.05) is 25.0 Å². The summed E-state index contributed by atoms with van der Waals surface area (Å²) in [4.78, 5) is 13.7.